The maximum Gasteiger partial charge on any atom is 0.253 e. The summed E-state index contributed by atoms with van der Waals surface area (Å²) in [4.78, 5) is 14.2. The van der Waals surface area contributed by atoms with Crippen LogP contribution < -0.4 is 5.32 Å². The number of aryl methyl sites for hydroxylation is 1. The Balaban J connectivity index is 1.76. The molecule has 0 spiro atoms. The first-order valence-electron chi connectivity index (χ1n) is 6.96. The van der Waals surface area contributed by atoms with Gasteiger partial charge in [-0.15, -0.1) is 0 Å². The number of nitrogens with one attached hydrogen (secondary N) is 1. The fourth-order valence-electron chi connectivity index (χ4n) is 2.30. The van der Waals surface area contributed by atoms with Crippen molar-refractivity contribution in [1.29, 1.82) is 0 Å². The molecule has 0 aliphatic carbocycles. The molecule has 112 valence electrons. The van der Waals surface area contributed by atoms with Gasteiger partial charge in [-0.1, -0.05) is 0 Å². The molecule has 2 heterocycles. The Morgan fingerprint density at radius 2 is 2.20 bits per heavy atom. The van der Waals surface area contributed by atoms with Crippen molar-refractivity contribution in [3.8, 4) is 0 Å². The highest BCUT2D eigenvalue weighted by atomic mass is 16.5. The molecular weight excluding hydrogens is 258 g/mol. The van der Waals surface area contributed by atoms with Crippen molar-refractivity contribution in [2.75, 3.05) is 39.4 Å². The lowest BCUT2D eigenvalue weighted by molar-refractivity contribution is 0.0149. The maximum absolute atomic E-state index is 12.0. The summed E-state index contributed by atoms with van der Waals surface area (Å²) in [6, 6.07) is 1.79. The molecular formula is C14H23N3O3. The molecule has 0 radical (unpaired) electrons. The second-order valence-electron chi connectivity index (χ2n) is 5.20. The molecule has 20 heavy (non-hydrogen) atoms. The highest BCUT2D eigenvalue weighted by molar-refractivity contribution is 5.95. The van der Waals surface area contributed by atoms with E-state index in [0.29, 0.717) is 25.3 Å². The minimum Gasteiger partial charge on any atom is -0.390 e. The highest BCUT2D eigenvalue weighted by Crippen LogP contribution is 2.07. The number of rotatable bonds is 5. The minimum absolute atomic E-state index is 0.135. The molecule has 1 aromatic rings. The van der Waals surface area contributed by atoms with Gasteiger partial charge in [0.15, 0.2) is 0 Å². The van der Waals surface area contributed by atoms with Gasteiger partial charge < -0.3 is 19.7 Å². The molecule has 0 saturated carbocycles. The number of hydrogen-bond acceptors (Lipinski definition) is 4. The standard InChI is InChI=1S/C14H23N3O3/c1-11-13(3-4-16(11)2)14(19)15-9-12(18)10-17-5-7-20-8-6-17/h3-4,12,18H,5-10H2,1-2H3,(H,15,19). The Kier molecular flexibility index (Phi) is 5.17. The number of carbonyl (C=O) groups is 1. The zero-order chi connectivity index (χ0) is 14.5. The smallest absolute Gasteiger partial charge is 0.253 e. The van der Waals surface area contributed by atoms with Crippen molar-refractivity contribution in [2.45, 2.75) is 13.0 Å². The van der Waals surface area contributed by atoms with E-state index in [-0.39, 0.29) is 12.5 Å². The van der Waals surface area contributed by atoms with Gasteiger partial charge in [-0.25, -0.2) is 0 Å². The van der Waals surface area contributed by atoms with Crippen LogP contribution in [0.4, 0.5) is 0 Å². The molecule has 6 heteroatoms. The summed E-state index contributed by atoms with van der Waals surface area (Å²) in [5, 5.41) is 12.8. The van der Waals surface area contributed by atoms with Crippen LogP contribution in [0.1, 0.15) is 16.1 Å². The number of aromatic nitrogens is 1. The average molecular weight is 281 g/mol. The molecule has 2 rings (SSSR count). The summed E-state index contributed by atoms with van der Waals surface area (Å²) < 4.78 is 7.16. The van der Waals surface area contributed by atoms with Crippen LogP contribution in [0.5, 0.6) is 0 Å². The number of nitrogens with zero attached hydrogens (tertiary/aromatic N) is 2. The quantitative estimate of drug-likeness (QED) is 0.781. The molecule has 1 atom stereocenters. The summed E-state index contributed by atoms with van der Waals surface area (Å²) in [5.74, 6) is -0.135. The highest BCUT2D eigenvalue weighted by Gasteiger charge is 2.17. The molecule has 1 aromatic heterocycles. The predicted molar refractivity (Wildman–Crippen MR) is 75.7 cm³/mol. The Bertz CT molecular complexity index is 453. The number of ether oxygens (including phenoxy) is 1. The summed E-state index contributed by atoms with van der Waals surface area (Å²) in [7, 11) is 1.90. The molecule has 0 aromatic carbocycles. The Morgan fingerprint density at radius 1 is 1.50 bits per heavy atom. The van der Waals surface area contributed by atoms with E-state index in [1.807, 2.05) is 24.7 Å². The predicted octanol–water partition coefficient (Wildman–Crippen LogP) is -0.244. The number of amides is 1. The van der Waals surface area contributed by atoms with Gasteiger partial charge in [0.25, 0.3) is 5.91 Å². The third kappa shape index (κ3) is 3.82. The fraction of sp³-hybridized carbons (Fsp3) is 0.643. The van der Waals surface area contributed by atoms with E-state index in [2.05, 4.69) is 10.2 Å². The normalized spacial score (nSPS) is 17.9. The van der Waals surface area contributed by atoms with E-state index in [1.54, 1.807) is 6.07 Å². The third-order valence-electron chi connectivity index (χ3n) is 3.70. The Hall–Kier alpha value is -1.37. The summed E-state index contributed by atoms with van der Waals surface area (Å²) in [5.41, 5.74) is 1.58. The zero-order valence-corrected chi connectivity index (χ0v) is 12.1. The van der Waals surface area contributed by atoms with Gasteiger partial charge in [0.05, 0.1) is 24.9 Å². The van der Waals surface area contributed by atoms with Gasteiger partial charge in [0, 0.05) is 45.1 Å². The molecule has 0 bridgehead atoms. The Morgan fingerprint density at radius 3 is 2.80 bits per heavy atom. The van der Waals surface area contributed by atoms with Crippen molar-refractivity contribution in [3.05, 3.63) is 23.5 Å². The Labute approximate surface area is 119 Å². The lowest BCUT2D eigenvalue weighted by atomic mass is 10.2. The van der Waals surface area contributed by atoms with Crippen LogP contribution in [0, 0.1) is 6.92 Å². The van der Waals surface area contributed by atoms with E-state index >= 15 is 0 Å². The summed E-state index contributed by atoms with van der Waals surface area (Å²) >= 11 is 0. The molecule has 1 saturated heterocycles. The van der Waals surface area contributed by atoms with E-state index < -0.39 is 6.10 Å². The van der Waals surface area contributed by atoms with Crippen LogP contribution in [0.3, 0.4) is 0 Å². The van der Waals surface area contributed by atoms with Gasteiger partial charge in [-0.3, -0.25) is 9.69 Å². The number of hydrogen-bond donors (Lipinski definition) is 2. The molecule has 1 aliphatic rings. The van der Waals surface area contributed by atoms with Crippen molar-refractivity contribution >= 4 is 5.91 Å². The fourth-order valence-corrected chi connectivity index (χ4v) is 2.30. The first kappa shape index (κ1) is 15.0. The van der Waals surface area contributed by atoms with E-state index in [1.165, 1.54) is 0 Å². The van der Waals surface area contributed by atoms with E-state index in [0.717, 1.165) is 18.8 Å². The number of aliphatic hydroxyl groups excluding tert-OH is 1. The summed E-state index contributed by atoms with van der Waals surface area (Å²) in [6.07, 6.45) is 1.30. The zero-order valence-electron chi connectivity index (χ0n) is 12.1. The van der Waals surface area contributed by atoms with Crippen LogP contribution >= 0.6 is 0 Å². The SMILES string of the molecule is Cc1c(C(=O)NCC(O)CN2CCOCC2)ccn1C. The minimum atomic E-state index is -0.555. The average Bonchev–Trinajstić information content (AvgIpc) is 2.78. The maximum atomic E-state index is 12.0. The van der Waals surface area contributed by atoms with Crippen LogP contribution in [0.2, 0.25) is 0 Å². The van der Waals surface area contributed by atoms with Crippen molar-refractivity contribution < 1.29 is 14.6 Å². The second kappa shape index (κ2) is 6.88. The second-order valence-corrected chi connectivity index (χ2v) is 5.20. The molecule has 2 N–H and O–H groups in total. The van der Waals surface area contributed by atoms with Crippen molar-refractivity contribution in [3.63, 3.8) is 0 Å². The monoisotopic (exact) mass is 281 g/mol. The number of β-amino-alcohol motifs (C(OH)–C–C–N with tert-alkyl or cyclic N) is 1. The molecule has 1 unspecified atom stereocenters. The topological polar surface area (TPSA) is 66.7 Å². The number of carbonyl (C=O) groups excluding carboxylic acids is 1. The van der Waals surface area contributed by atoms with Crippen LogP contribution in [-0.4, -0.2) is 66.0 Å². The molecule has 6 nitrogen and oxygen atoms in total. The molecule has 1 aliphatic heterocycles. The van der Waals surface area contributed by atoms with E-state index in [4.69, 9.17) is 4.74 Å². The van der Waals surface area contributed by atoms with Gasteiger partial charge >= 0.3 is 0 Å². The van der Waals surface area contributed by atoms with Gasteiger partial charge in [-0.05, 0) is 13.0 Å². The van der Waals surface area contributed by atoms with Gasteiger partial charge in [0.2, 0.25) is 0 Å². The first-order chi connectivity index (χ1) is 9.58. The molecule has 1 amide bonds. The van der Waals surface area contributed by atoms with E-state index in [9.17, 15) is 9.90 Å². The van der Waals surface area contributed by atoms with Crippen LogP contribution in [-0.2, 0) is 11.8 Å². The first-order valence-corrected chi connectivity index (χ1v) is 6.96. The van der Waals surface area contributed by atoms with Gasteiger partial charge in [-0.2, -0.15) is 0 Å². The lowest BCUT2D eigenvalue weighted by Gasteiger charge is -2.28. The van der Waals surface area contributed by atoms with Crippen molar-refractivity contribution in [1.82, 2.24) is 14.8 Å². The van der Waals surface area contributed by atoms with Crippen LogP contribution in [0.25, 0.3) is 0 Å². The third-order valence-corrected chi connectivity index (χ3v) is 3.70. The lowest BCUT2D eigenvalue weighted by Crippen LogP contribution is -2.44. The van der Waals surface area contributed by atoms with Crippen LogP contribution in [0.15, 0.2) is 12.3 Å². The van der Waals surface area contributed by atoms with Gasteiger partial charge in [0.1, 0.15) is 0 Å². The molecule has 1 fully saturated rings. The summed E-state index contributed by atoms with van der Waals surface area (Å²) in [6.45, 7) is 5.83. The van der Waals surface area contributed by atoms with Crippen molar-refractivity contribution in [2.24, 2.45) is 7.05 Å². The number of aliphatic hydroxyl groups is 1. The largest absolute Gasteiger partial charge is 0.390 e. The number of morpholine rings is 1.